The molecule has 10 nitrogen and oxygen atoms in total. The lowest BCUT2D eigenvalue weighted by Gasteiger charge is -1.93. The minimum absolute atomic E-state index is 0. The van der Waals surface area contributed by atoms with Crippen LogP contribution in [0.3, 0.4) is 0 Å². The van der Waals surface area contributed by atoms with E-state index in [1.165, 1.54) is 0 Å². The predicted octanol–water partition coefficient (Wildman–Crippen LogP) is -2.28. The van der Waals surface area contributed by atoms with E-state index in [4.69, 9.17) is 18.4 Å². The van der Waals surface area contributed by atoms with Gasteiger partial charge in [-0.1, -0.05) is 0 Å². The maximum atomic E-state index is 10.1. The lowest BCUT2D eigenvalue weighted by Crippen LogP contribution is -2.16. The maximum Gasteiger partial charge on any atom is 0.285 e. The lowest BCUT2D eigenvalue weighted by molar-refractivity contribution is 0.296. The molecule has 0 aromatic rings. The van der Waals surface area contributed by atoms with Crippen LogP contribution in [0.5, 0.6) is 0 Å². The van der Waals surface area contributed by atoms with Gasteiger partial charge in [-0.15, -0.1) is 0 Å². The van der Waals surface area contributed by atoms with Crippen LogP contribution >= 0.6 is 0 Å². The molecule has 7 N–H and O–H groups in total. The smallest absolute Gasteiger partial charge is 0.285 e. The van der Waals surface area contributed by atoms with Gasteiger partial charge in [0.25, 0.3) is 10.1 Å². The van der Waals surface area contributed by atoms with Crippen LogP contribution in [-0.4, -0.2) is 52.4 Å². The molecule has 1 heterocycles. The molecule has 0 saturated carbocycles. The van der Waals surface area contributed by atoms with Crippen molar-refractivity contribution in [1.29, 1.82) is 0 Å². The number of rotatable bonds is 3. The second-order valence-electron chi connectivity index (χ2n) is 1.91. The Morgan fingerprint density at radius 1 is 1.50 bits per heavy atom. The standard InChI is InChI=1S/C2H7NO4S.C2H4O.H3N.H2O3S/c3-7-8(5,6)2-1-4;1-2-3-1;;1-4(2)3/h4H,1-3H2;1-2H2;1H3;(H2,1,2,3)/p-1. The van der Waals surface area contributed by atoms with Gasteiger partial charge < -0.3 is 25.1 Å². The first-order valence-corrected chi connectivity index (χ1v) is 6.04. The summed E-state index contributed by atoms with van der Waals surface area (Å²) in [5, 5.41) is 8.02. The summed E-state index contributed by atoms with van der Waals surface area (Å²) in [6.45, 7) is 1.53. The minimum Gasteiger partial charge on any atom is -0.750 e. The Hall–Kier alpha value is -0.180. The van der Waals surface area contributed by atoms with Crippen LogP contribution in [0.2, 0.25) is 0 Å². The van der Waals surface area contributed by atoms with E-state index in [9.17, 15) is 8.42 Å². The Labute approximate surface area is 95.5 Å². The van der Waals surface area contributed by atoms with Crippen LogP contribution < -0.4 is 12.0 Å². The molecule has 1 aliphatic heterocycles. The van der Waals surface area contributed by atoms with Gasteiger partial charge in [-0.05, 0) is 0 Å². The SMILES string of the molecule is C1CO1.N.NOS(=O)(=O)CCO.O=S([O-])O. The monoisotopic (exact) mass is 283 g/mol. The molecule has 16 heavy (non-hydrogen) atoms. The van der Waals surface area contributed by atoms with E-state index >= 15 is 0 Å². The number of aliphatic hydroxyl groups is 1. The summed E-state index contributed by atoms with van der Waals surface area (Å²) in [7, 11) is -3.64. The summed E-state index contributed by atoms with van der Waals surface area (Å²) in [5.41, 5.74) is 0. The molecular weight excluding hydrogens is 268 g/mol. The van der Waals surface area contributed by atoms with Crippen LogP contribution in [0.1, 0.15) is 0 Å². The molecule has 0 aromatic heterocycles. The summed E-state index contributed by atoms with van der Waals surface area (Å²) in [6.07, 6.45) is 0. The van der Waals surface area contributed by atoms with E-state index in [0.29, 0.717) is 0 Å². The molecule has 0 amide bonds. The van der Waals surface area contributed by atoms with Crippen molar-refractivity contribution < 1.29 is 35.9 Å². The van der Waals surface area contributed by atoms with Crippen molar-refractivity contribution in [2.24, 2.45) is 5.90 Å². The normalized spacial score (nSPS) is 14.2. The summed E-state index contributed by atoms with van der Waals surface area (Å²) >= 11 is -2.86. The number of aliphatic hydroxyl groups excluding tert-OH is 1. The van der Waals surface area contributed by atoms with Gasteiger partial charge >= 0.3 is 0 Å². The van der Waals surface area contributed by atoms with Crippen LogP contribution in [-0.2, 0) is 30.5 Å². The van der Waals surface area contributed by atoms with Gasteiger partial charge in [-0.25, -0.2) is 4.21 Å². The fourth-order valence-corrected chi connectivity index (χ4v) is 0.480. The number of epoxide rings is 1. The largest absolute Gasteiger partial charge is 0.750 e. The van der Waals surface area contributed by atoms with E-state index in [1.807, 2.05) is 0 Å². The van der Waals surface area contributed by atoms with E-state index in [2.05, 4.69) is 14.9 Å². The molecule has 12 heteroatoms. The molecule has 1 fully saturated rings. The number of hydrogen-bond donors (Lipinski definition) is 4. The fourth-order valence-electron chi connectivity index (χ4n) is 0.160. The molecule has 102 valence electrons. The Kier molecular flexibility index (Phi) is 17.0. The van der Waals surface area contributed by atoms with Crippen LogP contribution in [0.25, 0.3) is 0 Å². The quantitative estimate of drug-likeness (QED) is 0.248. The summed E-state index contributed by atoms with van der Waals surface area (Å²) in [6, 6.07) is 0. The maximum absolute atomic E-state index is 10.1. The molecule has 0 spiro atoms. The van der Waals surface area contributed by atoms with Crippen molar-refractivity contribution >= 4 is 21.5 Å². The summed E-state index contributed by atoms with van der Waals surface area (Å²) in [5.74, 6) is 3.84. The zero-order chi connectivity index (χ0) is 12.3. The average Bonchev–Trinajstić information content (AvgIpc) is 2.88. The summed E-state index contributed by atoms with van der Waals surface area (Å²) < 4.78 is 52.3. The fraction of sp³-hybridized carbons (Fsp3) is 1.00. The highest BCUT2D eigenvalue weighted by atomic mass is 32.2. The Morgan fingerprint density at radius 2 is 1.81 bits per heavy atom. The van der Waals surface area contributed by atoms with Crippen LogP contribution in [0, 0.1) is 0 Å². The zero-order valence-electron chi connectivity index (χ0n) is 8.27. The van der Waals surface area contributed by atoms with Crippen molar-refractivity contribution in [3.8, 4) is 0 Å². The first-order chi connectivity index (χ1) is 6.85. The Bertz CT molecular complexity index is 246. The van der Waals surface area contributed by atoms with Gasteiger partial charge in [-0.2, -0.15) is 18.6 Å². The number of ether oxygens (including phenoxy) is 1. The first-order valence-electron chi connectivity index (χ1n) is 3.43. The average molecular weight is 283 g/mol. The van der Waals surface area contributed by atoms with Crippen molar-refractivity contribution in [2.45, 2.75) is 0 Å². The van der Waals surface area contributed by atoms with Crippen molar-refractivity contribution in [3.05, 3.63) is 0 Å². The molecule has 1 atom stereocenters. The highest BCUT2D eigenvalue weighted by molar-refractivity contribution is 7.86. The second-order valence-corrected chi connectivity index (χ2v) is 4.06. The van der Waals surface area contributed by atoms with E-state index < -0.39 is 33.8 Å². The number of hydrogen-bond acceptors (Lipinski definition) is 9. The first kappa shape index (κ1) is 21.1. The molecule has 0 bridgehead atoms. The third-order valence-electron chi connectivity index (χ3n) is 0.692. The minimum atomic E-state index is -3.64. The van der Waals surface area contributed by atoms with Gasteiger partial charge in [0.15, 0.2) is 0 Å². The van der Waals surface area contributed by atoms with E-state index in [0.717, 1.165) is 13.2 Å². The molecule has 0 aromatic carbocycles. The third kappa shape index (κ3) is 37.1. The van der Waals surface area contributed by atoms with E-state index in [1.54, 1.807) is 0 Å². The van der Waals surface area contributed by atoms with Crippen molar-refractivity contribution in [3.63, 3.8) is 0 Å². The van der Waals surface area contributed by atoms with Crippen LogP contribution in [0.15, 0.2) is 0 Å². The van der Waals surface area contributed by atoms with Gasteiger partial charge in [0.1, 0.15) is 5.75 Å². The lowest BCUT2D eigenvalue weighted by atomic mass is 10.9. The molecule has 1 unspecified atom stereocenters. The topological polar surface area (TPSA) is 198 Å². The number of nitrogens with two attached hydrogens (primary N) is 1. The molecule has 1 saturated heterocycles. The highest BCUT2D eigenvalue weighted by Gasteiger charge is 2.05. The molecule has 1 aliphatic rings. The molecular formula is C4H15N2O8S2-. The van der Waals surface area contributed by atoms with Gasteiger partial charge in [0.05, 0.1) is 31.2 Å². The molecule has 0 aliphatic carbocycles. The van der Waals surface area contributed by atoms with Crippen molar-refractivity contribution in [2.75, 3.05) is 25.6 Å². The Balaban J connectivity index is -0.000000176. The second kappa shape index (κ2) is 12.9. The van der Waals surface area contributed by atoms with Gasteiger partial charge in [0.2, 0.25) is 0 Å². The summed E-state index contributed by atoms with van der Waals surface area (Å²) in [4.78, 5) is 0. The highest BCUT2D eigenvalue weighted by Crippen LogP contribution is 1.84. The van der Waals surface area contributed by atoms with Crippen LogP contribution in [0.4, 0.5) is 0 Å². The Morgan fingerprint density at radius 3 is 1.88 bits per heavy atom. The predicted molar refractivity (Wildman–Crippen MR) is 53.5 cm³/mol. The molecule has 0 radical (unpaired) electrons. The third-order valence-corrected chi connectivity index (χ3v) is 1.67. The van der Waals surface area contributed by atoms with Gasteiger partial charge in [-0.3, -0.25) is 0 Å². The molecule has 1 rings (SSSR count). The van der Waals surface area contributed by atoms with Crippen molar-refractivity contribution in [1.82, 2.24) is 6.15 Å². The van der Waals surface area contributed by atoms with Gasteiger partial charge in [0, 0.05) is 0 Å². The zero-order valence-corrected chi connectivity index (χ0v) is 9.91. The van der Waals surface area contributed by atoms with E-state index in [-0.39, 0.29) is 6.15 Å².